The Bertz CT molecular complexity index is 473. The Balaban J connectivity index is 1.76. The van der Waals surface area contributed by atoms with Crippen molar-refractivity contribution in [3.63, 3.8) is 0 Å². The summed E-state index contributed by atoms with van der Waals surface area (Å²) in [6.07, 6.45) is 4.84. The molecule has 1 aromatic rings. The normalized spacial score (nSPS) is 19.4. The Kier molecular flexibility index (Phi) is 7.53. The summed E-state index contributed by atoms with van der Waals surface area (Å²) in [5.41, 5.74) is 8.87. The molecule has 23 heavy (non-hydrogen) atoms. The third-order valence-corrected chi connectivity index (χ3v) is 4.75. The SMILES string of the molecule is NC(CCCCB(O)O)CCN1Cc2ccccc2C[C@H]1CO. The summed E-state index contributed by atoms with van der Waals surface area (Å²) < 4.78 is 0. The van der Waals surface area contributed by atoms with Crippen molar-refractivity contribution in [3.05, 3.63) is 35.4 Å². The van der Waals surface area contributed by atoms with Gasteiger partial charge in [0.25, 0.3) is 0 Å². The molecule has 0 fully saturated rings. The Morgan fingerprint density at radius 2 is 1.91 bits per heavy atom. The number of rotatable bonds is 9. The molecule has 0 amide bonds. The van der Waals surface area contributed by atoms with Gasteiger partial charge in [0.15, 0.2) is 0 Å². The lowest BCUT2D eigenvalue weighted by Gasteiger charge is -2.36. The highest BCUT2D eigenvalue weighted by Crippen LogP contribution is 2.23. The van der Waals surface area contributed by atoms with Crippen LogP contribution >= 0.6 is 0 Å². The molecule has 1 heterocycles. The maximum absolute atomic E-state index is 9.66. The summed E-state index contributed by atoms with van der Waals surface area (Å²) in [5.74, 6) is 0. The first-order valence-electron chi connectivity index (χ1n) is 8.63. The van der Waals surface area contributed by atoms with Crippen LogP contribution in [0.1, 0.15) is 36.8 Å². The van der Waals surface area contributed by atoms with E-state index in [1.165, 1.54) is 11.1 Å². The van der Waals surface area contributed by atoms with Gasteiger partial charge in [0.2, 0.25) is 0 Å². The molecule has 1 aliphatic heterocycles. The number of unbranched alkanes of at least 4 members (excludes halogenated alkanes) is 1. The van der Waals surface area contributed by atoms with Crippen LogP contribution in [0, 0.1) is 0 Å². The van der Waals surface area contributed by atoms with E-state index in [0.717, 1.165) is 45.2 Å². The fourth-order valence-electron chi connectivity index (χ4n) is 3.29. The largest absolute Gasteiger partial charge is 0.451 e. The molecule has 0 saturated carbocycles. The molecule has 0 aromatic heterocycles. The molecule has 1 aliphatic rings. The van der Waals surface area contributed by atoms with Crippen molar-refractivity contribution in [2.45, 2.75) is 57.1 Å². The lowest BCUT2D eigenvalue weighted by atomic mass is 9.83. The van der Waals surface area contributed by atoms with Crippen molar-refractivity contribution in [1.29, 1.82) is 0 Å². The average Bonchev–Trinajstić information content (AvgIpc) is 2.55. The Morgan fingerprint density at radius 3 is 2.61 bits per heavy atom. The van der Waals surface area contributed by atoms with Crippen LogP contribution in [0.15, 0.2) is 24.3 Å². The van der Waals surface area contributed by atoms with Crippen molar-refractivity contribution in [3.8, 4) is 0 Å². The van der Waals surface area contributed by atoms with Crippen LogP contribution in [0.3, 0.4) is 0 Å². The zero-order chi connectivity index (χ0) is 16.7. The molecule has 0 spiro atoms. The molecule has 0 saturated heterocycles. The summed E-state index contributed by atoms with van der Waals surface area (Å²) in [7, 11) is -1.20. The number of hydrogen-bond acceptors (Lipinski definition) is 5. The second-order valence-electron chi connectivity index (χ2n) is 6.59. The molecular formula is C17H29BN2O3. The fourth-order valence-corrected chi connectivity index (χ4v) is 3.29. The quantitative estimate of drug-likeness (QED) is 0.399. The third-order valence-electron chi connectivity index (χ3n) is 4.75. The molecule has 6 heteroatoms. The molecule has 2 atom stereocenters. The smallest absolute Gasteiger partial charge is 0.427 e. The van der Waals surface area contributed by atoms with Gasteiger partial charge < -0.3 is 20.9 Å². The Hall–Kier alpha value is -0.915. The van der Waals surface area contributed by atoms with E-state index in [2.05, 4.69) is 29.2 Å². The van der Waals surface area contributed by atoms with E-state index in [9.17, 15) is 5.11 Å². The molecule has 0 aliphatic carbocycles. The van der Waals surface area contributed by atoms with Crippen molar-refractivity contribution in [2.75, 3.05) is 13.2 Å². The van der Waals surface area contributed by atoms with Crippen LogP contribution in [0.2, 0.25) is 6.32 Å². The van der Waals surface area contributed by atoms with Gasteiger partial charge in [-0.15, -0.1) is 0 Å². The summed E-state index contributed by atoms with van der Waals surface area (Å²) in [6.45, 7) is 1.95. The average molecular weight is 320 g/mol. The van der Waals surface area contributed by atoms with E-state index in [0.29, 0.717) is 6.32 Å². The van der Waals surface area contributed by atoms with Gasteiger partial charge >= 0.3 is 7.12 Å². The lowest BCUT2D eigenvalue weighted by molar-refractivity contribution is 0.103. The molecule has 128 valence electrons. The highest BCUT2D eigenvalue weighted by molar-refractivity contribution is 6.40. The van der Waals surface area contributed by atoms with Gasteiger partial charge in [-0.2, -0.15) is 0 Å². The fraction of sp³-hybridized carbons (Fsp3) is 0.647. The van der Waals surface area contributed by atoms with Gasteiger partial charge in [0, 0.05) is 25.2 Å². The minimum atomic E-state index is -1.20. The first kappa shape index (κ1) is 18.4. The van der Waals surface area contributed by atoms with Gasteiger partial charge in [-0.1, -0.05) is 37.1 Å². The van der Waals surface area contributed by atoms with Crippen molar-refractivity contribution in [2.24, 2.45) is 5.73 Å². The predicted octanol–water partition coefficient (Wildman–Crippen LogP) is 0.766. The number of nitrogens with two attached hydrogens (primary N) is 1. The lowest BCUT2D eigenvalue weighted by Crippen LogP contribution is -2.44. The predicted molar refractivity (Wildman–Crippen MR) is 92.9 cm³/mol. The van der Waals surface area contributed by atoms with Gasteiger partial charge in [-0.25, -0.2) is 0 Å². The molecular weight excluding hydrogens is 291 g/mol. The highest BCUT2D eigenvalue weighted by atomic mass is 16.4. The van der Waals surface area contributed by atoms with Crippen molar-refractivity contribution in [1.82, 2.24) is 4.90 Å². The zero-order valence-electron chi connectivity index (χ0n) is 13.8. The van der Waals surface area contributed by atoms with Gasteiger partial charge in [0.1, 0.15) is 0 Å². The summed E-state index contributed by atoms with van der Waals surface area (Å²) in [6, 6.07) is 8.75. The second kappa shape index (κ2) is 9.40. The first-order chi connectivity index (χ1) is 11.1. The van der Waals surface area contributed by atoms with Gasteiger partial charge in [0.05, 0.1) is 6.61 Å². The summed E-state index contributed by atoms with van der Waals surface area (Å²) >= 11 is 0. The van der Waals surface area contributed by atoms with Crippen molar-refractivity contribution < 1.29 is 15.2 Å². The van der Waals surface area contributed by atoms with E-state index in [1.54, 1.807) is 0 Å². The van der Waals surface area contributed by atoms with E-state index in [1.807, 2.05) is 0 Å². The van der Waals surface area contributed by atoms with E-state index in [4.69, 9.17) is 15.8 Å². The minimum Gasteiger partial charge on any atom is -0.427 e. The van der Waals surface area contributed by atoms with Crippen LogP contribution in [-0.4, -0.2) is 52.4 Å². The molecule has 1 aromatic carbocycles. The number of fused-ring (bicyclic) bond motifs is 1. The number of hydrogen-bond donors (Lipinski definition) is 4. The summed E-state index contributed by atoms with van der Waals surface area (Å²) in [5, 5.41) is 27.3. The van der Waals surface area contributed by atoms with E-state index in [-0.39, 0.29) is 18.7 Å². The van der Waals surface area contributed by atoms with Crippen LogP contribution in [0.5, 0.6) is 0 Å². The van der Waals surface area contributed by atoms with Gasteiger partial charge in [-0.3, -0.25) is 4.90 Å². The van der Waals surface area contributed by atoms with E-state index < -0.39 is 7.12 Å². The van der Waals surface area contributed by atoms with E-state index >= 15 is 0 Å². The third kappa shape index (κ3) is 5.90. The number of aliphatic hydroxyl groups excluding tert-OH is 1. The molecule has 5 N–H and O–H groups in total. The number of nitrogens with zero attached hydrogens (tertiary/aromatic N) is 1. The molecule has 1 unspecified atom stereocenters. The summed E-state index contributed by atoms with van der Waals surface area (Å²) in [4.78, 5) is 2.33. The minimum absolute atomic E-state index is 0.127. The van der Waals surface area contributed by atoms with Crippen molar-refractivity contribution >= 4 is 7.12 Å². The zero-order valence-corrected chi connectivity index (χ0v) is 13.8. The topological polar surface area (TPSA) is 90.0 Å². The molecule has 0 radical (unpaired) electrons. The van der Waals surface area contributed by atoms with Crippen LogP contribution in [-0.2, 0) is 13.0 Å². The molecule has 0 bridgehead atoms. The molecule has 5 nitrogen and oxygen atoms in total. The van der Waals surface area contributed by atoms with Crippen LogP contribution in [0.4, 0.5) is 0 Å². The maximum Gasteiger partial charge on any atom is 0.451 e. The monoisotopic (exact) mass is 320 g/mol. The highest BCUT2D eigenvalue weighted by Gasteiger charge is 2.25. The Labute approximate surface area is 139 Å². The Morgan fingerprint density at radius 1 is 1.17 bits per heavy atom. The number of benzene rings is 1. The molecule has 2 rings (SSSR count). The maximum atomic E-state index is 9.66. The van der Waals surface area contributed by atoms with Crippen LogP contribution in [0.25, 0.3) is 0 Å². The second-order valence-corrected chi connectivity index (χ2v) is 6.59. The standard InChI is InChI=1S/C17H29BN2O3/c19-16(7-3-4-9-18(22)23)8-10-20-12-15-6-2-1-5-14(15)11-17(20)13-21/h1-2,5-6,16-17,21-23H,3-4,7-13,19H2/t16?,17-/m0/s1. The first-order valence-corrected chi connectivity index (χ1v) is 8.63. The van der Waals surface area contributed by atoms with Gasteiger partial charge in [-0.05, 0) is 36.7 Å². The number of aliphatic hydroxyl groups is 1. The van der Waals surface area contributed by atoms with Crippen LogP contribution < -0.4 is 5.73 Å².